The molecule has 100 valence electrons. The maximum absolute atomic E-state index is 11.8. The molecule has 0 saturated carbocycles. The zero-order valence-corrected chi connectivity index (χ0v) is 10.5. The zero-order chi connectivity index (χ0) is 13.7. The van der Waals surface area contributed by atoms with Gasteiger partial charge in [0.1, 0.15) is 6.54 Å². The van der Waals surface area contributed by atoms with Crippen molar-refractivity contribution in [3.63, 3.8) is 0 Å². The van der Waals surface area contributed by atoms with Gasteiger partial charge >= 0.3 is 12.0 Å². The van der Waals surface area contributed by atoms with Gasteiger partial charge in [-0.15, -0.1) is 5.10 Å². The molecule has 18 heavy (non-hydrogen) atoms. The number of rotatable bonds is 5. The maximum Gasteiger partial charge on any atom is 0.324 e. The summed E-state index contributed by atoms with van der Waals surface area (Å²) in [5.41, 5.74) is 0. The highest BCUT2D eigenvalue weighted by Gasteiger charge is 2.19. The lowest BCUT2D eigenvalue weighted by Gasteiger charge is -2.21. The van der Waals surface area contributed by atoms with Gasteiger partial charge in [-0.25, -0.2) is 4.79 Å². The van der Waals surface area contributed by atoms with E-state index in [4.69, 9.17) is 5.11 Å². The highest BCUT2D eigenvalue weighted by Crippen LogP contribution is 2.02. The largest absolute Gasteiger partial charge is 0.480 e. The second-order valence-corrected chi connectivity index (χ2v) is 4.20. The number of hydrogen-bond acceptors (Lipinski definition) is 5. The van der Waals surface area contributed by atoms with Crippen LogP contribution in [0.5, 0.6) is 0 Å². The third kappa shape index (κ3) is 4.36. The first kappa shape index (κ1) is 13.9. The van der Waals surface area contributed by atoms with Crippen LogP contribution in [0.1, 0.15) is 13.8 Å². The zero-order valence-electron chi connectivity index (χ0n) is 10.5. The molecule has 0 atom stereocenters. The van der Waals surface area contributed by atoms with Gasteiger partial charge in [0, 0.05) is 6.54 Å². The van der Waals surface area contributed by atoms with Crippen LogP contribution in [-0.2, 0) is 11.8 Å². The Morgan fingerprint density at radius 3 is 2.61 bits per heavy atom. The number of hydrogen-bond donors (Lipinski definition) is 2. The molecule has 9 nitrogen and oxygen atoms in total. The van der Waals surface area contributed by atoms with E-state index in [0.717, 1.165) is 0 Å². The van der Waals surface area contributed by atoms with Crippen LogP contribution in [0.4, 0.5) is 10.7 Å². The molecule has 1 heterocycles. The summed E-state index contributed by atoms with van der Waals surface area (Å²) in [5.74, 6) is -0.871. The molecule has 0 radical (unpaired) electrons. The number of carbonyl (C=O) groups is 2. The van der Waals surface area contributed by atoms with E-state index in [9.17, 15) is 9.59 Å². The van der Waals surface area contributed by atoms with Crippen molar-refractivity contribution in [1.29, 1.82) is 0 Å². The summed E-state index contributed by atoms with van der Waals surface area (Å²) in [6.07, 6.45) is 0. The Morgan fingerprint density at radius 1 is 1.50 bits per heavy atom. The van der Waals surface area contributed by atoms with Crippen molar-refractivity contribution >= 4 is 17.9 Å². The van der Waals surface area contributed by atoms with Crippen LogP contribution in [0, 0.1) is 5.92 Å². The van der Waals surface area contributed by atoms with Crippen molar-refractivity contribution in [2.45, 2.75) is 13.8 Å². The number of tetrazole rings is 1. The summed E-state index contributed by atoms with van der Waals surface area (Å²) in [4.78, 5) is 24.9. The Bertz CT molecular complexity index is 430. The molecule has 0 saturated heterocycles. The first-order valence-electron chi connectivity index (χ1n) is 5.40. The van der Waals surface area contributed by atoms with E-state index in [1.165, 1.54) is 9.70 Å². The fourth-order valence-electron chi connectivity index (χ4n) is 1.33. The number of carboxylic acids is 1. The average molecular weight is 256 g/mol. The molecule has 9 heteroatoms. The molecule has 2 amide bonds. The minimum atomic E-state index is -1.07. The topological polar surface area (TPSA) is 113 Å². The molecule has 0 spiro atoms. The monoisotopic (exact) mass is 256 g/mol. The van der Waals surface area contributed by atoms with Gasteiger partial charge in [-0.1, -0.05) is 18.9 Å². The highest BCUT2D eigenvalue weighted by atomic mass is 16.4. The lowest BCUT2D eigenvalue weighted by molar-refractivity contribution is -0.137. The Kier molecular flexibility index (Phi) is 4.58. The Hall–Kier alpha value is -2.19. The van der Waals surface area contributed by atoms with Gasteiger partial charge in [0.25, 0.3) is 5.95 Å². The summed E-state index contributed by atoms with van der Waals surface area (Å²) in [6.45, 7) is 3.74. The molecule has 1 aromatic rings. The van der Waals surface area contributed by atoms with E-state index in [1.54, 1.807) is 7.05 Å². The number of aryl methyl sites for hydroxylation is 1. The van der Waals surface area contributed by atoms with Crippen LogP contribution >= 0.6 is 0 Å². The molecule has 0 aliphatic rings. The van der Waals surface area contributed by atoms with Gasteiger partial charge < -0.3 is 10.0 Å². The predicted molar refractivity (Wildman–Crippen MR) is 61.9 cm³/mol. The summed E-state index contributed by atoms with van der Waals surface area (Å²) in [6, 6.07) is -0.556. The molecular weight excluding hydrogens is 240 g/mol. The van der Waals surface area contributed by atoms with Crippen LogP contribution in [-0.4, -0.2) is 55.3 Å². The number of amides is 2. The second kappa shape index (κ2) is 5.94. The first-order chi connectivity index (χ1) is 8.38. The molecule has 1 rings (SSSR count). The van der Waals surface area contributed by atoms with Crippen LogP contribution in [0.2, 0.25) is 0 Å². The second-order valence-electron chi connectivity index (χ2n) is 4.20. The molecule has 0 aliphatic heterocycles. The van der Waals surface area contributed by atoms with E-state index in [0.29, 0.717) is 6.54 Å². The van der Waals surface area contributed by atoms with Crippen LogP contribution < -0.4 is 5.32 Å². The number of carbonyl (C=O) groups excluding carboxylic acids is 1. The lowest BCUT2D eigenvalue weighted by atomic mass is 10.2. The van der Waals surface area contributed by atoms with E-state index < -0.39 is 12.0 Å². The van der Waals surface area contributed by atoms with Gasteiger partial charge in [0.05, 0.1) is 7.05 Å². The minimum Gasteiger partial charge on any atom is -0.480 e. The molecule has 0 bridgehead atoms. The van der Waals surface area contributed by atoms with Crippen LogP contribution in [0.3, 0.4) is 0 Å². The number of urea groups is 1. The Labute approximate surface area is 104 Å². The van der Waals surface area contributed by atoms with Gasteiger partial charge in [0.2, 0.25) is 0 Å². The number of aliphatic carboxylic acids is 1. The quantitative estimate of drug-likeness (QED) is 0.753. The normalized spacial score (nSPS) is 10.4. The summed E-state index contributed by atoms with van der Waals surface area (Å²) >= 11 is 0. The third-order valence-electron chi connectivity index (χ3n) is 1.93. The Balaban J connectivity index is 2.66. The van der Waals surface area contributed by atoms with Gasteiger partial charge in [0.15, 0.2) is 0 Å². The summed E-state index contributed by atoms with van der Waals surface area (Å²) < 4.78 is 0. The van der Waals surface area contributed by atoms with Crippen molar-refractivity contribution in [3.05, 3.63) is 0 Å². The summed E-state index contributed by atoms with van der Waals surface area (Å²) in [5, 5.41) is 22.1. The molecule has 0 unspecified atom stereocenters. The smallest absolute Gasteiger partial charge is 0.324 e. The molecular formula is C9H16N6O3. The van der Waals surface area contributed by atoms with Gasteiger partial charge in [-0.3, -0.25) is 10.1 Å². The van der Waals surface area contributed by atoms with Gasteiger partial charge in [-0.2, -0.15) is 4.80 Å². The first-order valence-corrected chi connectivity index (χ1v) is 5.40. The highest BCUT2D eigenvalue weighted by molar-refractivity contribution is 5.89. The fraction of sp³-hybridized carbons (Fsp3) is 0.667. The summed E-state index contributed by atoms with van der Waals surface area (Å²) in [7, 11) is 1.56. The number of aromatic nitrogens is 4. The molecule has 2 N–H and O–H groups in total. The molecule has 0 aromatic carbocycles. The van der Waals surface area contributed by atoms with E-state index in [-0.39, 0.29) is 18.4 Å². The molecule has 0 aliphatic carbocycles. The van der Waals surface area contributed by atoms with Crippen LogP contribution in [0.25, 0.3) is 0 Å². The number of nitrogens with one attached hydrogen (secondary N) is 1. The standard InChI is InChI=1S/C9H16N6O3/c1-6(2)4-15(5-7(16)17)9(18)10-8-11-13-14(3)12-8/h6H,4-5H2,1-3H3,(H,16,17)(H,10,12,18). The van der Waals surface area contributed by atoms with Crippen molar-refractivity contribution in [1.82, 2.24) is 25.1 Å². The fourth-order valence-corrected chi connectivity index (χ4v) is 1.33. The predicted octanol–water partition coefficient (Wildman–Crippen LogP) is -0.215. The van der Waals surface area contributed by atoms with Crippen LogP contribution in [0.15, 0.2) is 0 Å². The number of nitrogens with zero attached hydrogens (tertiary/aromatic N) is 5. The maximum atomic E-state index is 11.8. The number of anilines is 1. The Morgan fingerprint density at radius 2 is 2.17 bits per heavy atom. The van der Waals surface area contributed by atoms with Gasteiger partial charge in [-0.05, 0) is 11.1 Å². The van der Waals surface area contributed by atoms with Crippen molar-refractivity contribution in [2.24, 2.45) is 13.0 Å². The van der Waals surface area contributed by atoms with Crippen molar-refractivity contribution in [2.75, 3.05) is 18.4 Å². The third-order valence-corrected chi connectivity index (χ3v) is 1.93. The van der Waals surface area contributed by atoms with E-state index in [2.05, 4.69) is 20.7 Å². The molecule has 0 fully saturated rings. The number of carboxylic acid groups (broad SMARTS) is 1. The minimum absolute atomic E-state index is 0.0432. The van der Waals surface area contributed by atoms with E-state index in [1.807, 2.05) is 13.8 Å². The van der Waals surface area contributed by atoms with E-state index >= 15 is 0 Å². The lowest BCUT2D eigenvalue weighted by Crippen LogP contribution is -2.41. The average Bonchev–Trinajstić information content (AvgIpc) is 2.61. The molecule has 1 aromatic heterocycles. The van der Waals surface area contributed by atoms with Crippen molar-refractivity contribution < 1.29 is 14.7 Å². The van der Waals surface area contributed by atoms with Crippen molar-refractivity contribution in [3.8, 4) is 0 Å². The SMILES string of the molecule is CC(C)CN(CC(=O)O)C(=O)Nc1nnn(C)n1.